The van der Waals surface area contributed by atoms with Crippen LogP contribution < -0.4 is 10.6 Å². The van der Waals surface area contributed by atoms with E-state index in [4.69, 9.17) is 10.8 Å². The number of hydrogen-bond donors (Lipinski definition) is 2. The summed E-state index contributed by atoms with van der Waals surface area (Å²) in [6.45, 7) is 3.85. The standard InChI is InChI=1S/C12H16N2O2/c1-8-6-9(14-4-2-3-5-14)7-10(11(8)13)12(15)16/h6-7H,2-5,13H2,1H3,(H,15,16). The monoisotopic (exact) mass is 220 g/mol. The Labute approximate surface area is 94.7 Å². The molecule has 16 heavy (non-hydrogen) atoms. The maximum atomic E-state index is 11.0. The average molecular weight is 220 g/mol. The first-order chi connectivity index (χ1) is 7.59. The van der Waals surface area contributed by atoms with Crippen LogP contribution in [0.2, 0.25) is 0 Å². The van der Waals surface area contributed by atoms with Crippen LogP contribution in [-0.2, 0) is 0 Å². The van der Waals surface area contributed by atoms with Crippen molar-refractivity contribution in [1.82, 2.24) is 0 Å². The van der Waals surface area contributed by atoms with Crippen molar-refractivity contribution in [1.29, 1.82) is 0 Å². The van der Waals surface area contributed by atoms with Gasteiger partial charge in [-0.1, -0.05) is 0 Å². The van der Waals surface area contributed by atoms with Crippen LogP contribution in [0.1, 0.15) is 28.8 Å². The summed E-state index contributed by atoms with van der Waals surface area (Å²) in [4.78, 5) is 13.2. The summed E-state index contributed by atoms with van der Waals surface area (Å²) in [5.41, 5.74) is 8.14. The zero-order valence-electron chi connectivity index (χ0n) is 9.36. The lowest BCUT2D eigenvalue weighted by atomic mass is 10.1. The summed E-state index contributed by atoms with van der Waals surface area (Å²) in [5.74, 6) is -0.957. The van der Waals surface area contributed by atoms with Crippen LogP contribution >= 0.6 is 0 Å². The summed E-state index contributed by atoms with van der Waals surface area (Å²) in [6.07, 6.45) is 2.34. The van der Waals surface area contributed by atoms with Gasteiger partial charge in [-0.15, -0.1) is 0 Å². The van der Waals surface area contributed by atoms with Crippen LogP contribution in [0.25, 0.3) is 0 Å². The van der Waals surface area contributed by atoms with Gasteiger partial charge in [0.1, 0.15) is 0 Å². The van der Waals surface area contributed by atoms with Crippen molar-refractivity contribution in [2.45, 2.75) is 19.8 Å². The smallest absolute Gasteiger partial charge is 0.337 e. The van der Waals surface area contributed by atoms with Gasteiger partial charge in [-0.05, 0) is 37.5 Å². The molecule has 1 aliphatic heterocycles. The van der Waals surface area contributed by atoms with E-state index in [-0.39, 0.29) is 5.56 Å². The van der Waals surface area contributed by atoms with Gasteiger partial charge in [0.25, 0.3) is 0 Å². The SMILES string of the molecule is Cc1cc(N2CCCC2)cc(C(=O)O)c1N. The normalized spacial score (nSPS) is 15.4. The molecule has 0 aromatic heterocycles. The Hall–Kier alpha value is -1.71. The third kappa shape index (κ3) is 1.83. The number of carboxylic acids is 1. The molecular weight excluding hydrogens is 204 g/mol. The fourth-order valence-corrected chi connectivity index (χ4v) is 2.11. The molecule has 4 nitrogen and oxygen atoms in total. The number of carboxylic acid groups (broad SMARTS) is 1. The summed E-state index contributed by atoms with van der Waals surface area (Å²) < 4.78 is 0. The molecule has 1 saturated heterocycles. The molecule has 3 N–H and O–H groups in total. The minimum Gasteiger partial charge on any atom is -0.478 e. The number of carbonyl (C=O) groups is 1. The average Bonchev–Trinajstić information content (AvgIpc) is 2.74. The highest BCUT2D eigenvalue weighted by molar-refractivity contribution is 5.95. The molecule has 86 valence electrons. The molecule has 0 unspecified atom stereocenters. The minimum absolute atomic E-state index is 0.210. The number of rotatable bonds is 2. The van der Waals surface area contributed by atoms with Gasteiger partial charge in [0.2, 0.25) is 0 Å². The molecule has 0 bridgehead atoms. The van der Waals surface area contributed by atoms with E-state index in [9.17, 15) is 4.79 Å². The second-order valence-corrected chi connectivity index (χ2v) is 4.22. The van der Waals surface area contributed by atoms with Crippen molar-refractivity contribution < 1.29 is 9.90 Å². The molecule has 1 aromatic rings. The molecule has 0 amide bonds. The van der Waals surface area contributed by atoms with Crippen LogP contribution in [0.15, 0.2) is 12.1 Å². The Bertz CT molecular complexity index is 423. The molecule has 1 heterocycles. The Balaban J connectivity index is 2.43. The Morgan fingerprint density at radius 3 is 2.56 bits per heavy atom. The van der Waals surface area contributed by atoms with Gasteiger partial charge in [-0.25, -0.2) is 4.79 Å². The first-order valence-corrected chi connectivity index (χ1v) is 5.48. The fourth-order valence-electron chi connectivity index (χ4n) is 2.11. The minimum atomic E-state index is -0.957. The van der Waals surface area contributed by atoms with Crippen LogP contribution in [0.5, 0.6) is 0 Å². The quantitative estimate of drug-likeness (QED) is 0.747. The van der Waals surface area contributed by atoms with E-state index in [0.717, 1.165) is 24.3 Å². The Morgan fingerprint density at radius 1 is 1.38 bits per heavy atom. The van der Waals surface area contributed by atoms with Crippen molar-refractivity contribution in [2.75, 3.05) is 23.7 Å². The van der Waals surface area contributed by atoms with Crippen molar-refractivity contribution in [3.63, 3.8) is 0 Å². The fraction of sp³-hybridized carbons (Fsp3) is 0.417. The number of aromatic carboxylic acids is 1. The van der Waals surface area contributed by atoms with Gasteiger partial charge in [0, 0.05) is 24.5 Å². The highest BCUT2D eigenvalue weighted by Gasteiger charge is 2.17. The molecule has 2 rings (SSSR count). The van der Waals surface area contributed by atoms with Gasteiger partial charge in [0.15, 0.2) is 0 Å². The van der Waals surface area contributed by atoms with Crippen molar-refractivity contribution in [3.05, 3.63) is 23.3 Å². The lowest BCUT2D eigenvalue weighted by Crippen LogP contribution is -2.18. The topological polar surface area (TPSA) is 66.6 Å². The van der Waals surface area contributed by atoms with Crippen molar-refractivity contribution in [3.8, 4) is 0 Å². The van der Waals surface area contributed by atoms with Gasteiger partial charge < -0.3 is 15.7 Å². The number of anilines is 2. The number of hydrogen-bond acceptors (Lipinski definition) is 3. The molecule has 0 spiro atoms. The lowest BCUT2D eigenvalue weighted by molar-refractivity contribution is 0.0698. The maximum Gasteiger partial charge on any atom is 0.337 e. The molecule has 4 heteroatoms. The van der Waals surface area contributed by atoms with Crippen LogP contribution in [-0.4, -0.2) is 24.2 Å². The second-order valence-electron chi connectivity index (χ2n) is 4.22. The lowest BCUT2D eigenvalue weighted by Gasteiger charge is -2.19. The van der Waals surface area contributed by atoms with E-state index in [0.29, 0.717) is 5.69 Å². The largest absolute Gasteiger partial charge is 0.478 e. The summed E-state index contributed by atoms with van der Waals surface area (Å²) in [5, 5.41) is 9.06. The second kappa shape index (κ2) is 4.04. The van der Waals surface area contributed by atoms with Crippen molar-refractivity contribution in [2.24, 2.45) is 0 Å². The third-order valence-electron chi connectivity index (χ3n) is 3.07. The molecule has 1 aliphatic rings. The van der Waals surface area contributed by atoms with E-state index in [1.807, 2.05) is 13.0 Å². The first-order valence-electron chi connectivity index (χ1n) is 5.48. The van der Waals surface area contributed by atoms with Gasteiger partial charge in [0.05, 0.1) is 5.56 Å². The van der Waals surface area contributed by atoms with Gasteiger partial charge in [-0.3, -0.25) is 0 Å². The number of nitrogens with zero attached hydrogens (tertiary/aromatic N) is 1. The molecule has 1 fully saturated rings. The highest BCUT2D eigenvalue weighted by atomic mass is 16.4. The predicted molar refractivity (Wildman–Crippen MR) is 64.0 cm³/mol. The number of nitrogen functional groups attached to an aromatic ring is 1. The molecule has 0 atom stereocenters. The summed E-state index contributed by atoms with van der Waals surface area (Å²) >= 11 is 0. The number of aryl methyl sites for hydroxylation is 1. The summed E-state index contributed by atoms with van der Waals surface area (Å²) in [7, 11) is 0. The molecule has 0 aliphatic carbocycles. The zero-order chi connectivity index (χ0) is 11.7. The van der Waals surface area contributed by atoms with Crippen LogP contribution in [0.4, 0.5) is 11.4 Å². The predicted octanol–water partition coefficient (Wildman–Crippen LogP) is 1.88. The maximum absolute atomic E-state index is 11.0. The molecule has 1 aromatic carbocycles. The Kier molecular flexibility index (Phi) is 2.73. The van der Waals surface area contributed by atoms with E-state index in [1.54, 1.807) is 6.07 Å². The number of nitrogens with two attached hydrogens (primary N) is 1. The first kappa shape index (κ1) is 10.8. The molecule has 0 radical (unpaired) electrons. The van der Waals surface area contributed by atoms with E-state index in [2.05, 4.69) is 4.90 Å². The highest BCUT2D eigenvalue weighted by Crippen LogP contribution is 2.27. The van der Waals surface area contributed by atoms with Gasteiger partial charge in [-0.2, -0.15) is 0 Å². The molecular formula is C12H16N2O2. The van der Waals surface area contributed by atoms with Gasteiger partial charge >= 0.3 is 5.97 Å². The zero-order valence-corrected chi connectivity index (χ0v) is 9.36. The Morgan fingerprint density at radius 2 is 2.00 bits per heavy atom. The van der Waals surface area contributed by atoms with Crippen LogP contribution in [0, 0.1) is 6.92 Å². The van der Waals surface area contributed by atoms with Crippen LogP contribution in [0.3, 0.4) is 0 Å². The van der Waals surface area contributed by atoms with E-state index in [1.165, 1.54) is 12.8 Å². The number of benzene rings is 1. The summed E-state index contributed by atoms with van der Waals surface area (Å²) in [6, 6.07) is 3.64. The van der Waals surface area contributed by atoms with E-state index >= 15 is 0 Å². The molecule has 0 saturated carbocycles. The van der Waals surface area contributed by atoms with Crippen molar-refractivity contribution >= 4 is 17.3 Å². The van der Waals surface area contributed by atoms with E-state index < -0.39 is 5.97 Å². The third-order valence-corrected chi connectivity index (χ3v) is 3.07.